The molecule has 92 valence electrons. The average molecular weight is 234 g/mol. The van der Waals surface area contributed by atoms with Crippen molar-refractivity contribution in [1.82, 2.24) is 10.9 Å². The van der Waals surface area contributed by atoms with Crippen molar-refractivity contribution in [1.29, 1.82) is 0 Å². The van der Waals surface area contributed by atoms with Gasteiger partial charge in [0.25, 0.3) is 0 Å². The van der Waals surface area contributed by atoms with Gasteiger partial charge >= 0.3 is 5.97 Å². The molecule has 0 aliphatic carbocycles. The lowest BCUT2D eigenvalue weighted by Gasteiger charge is -2.19. The lowest BCUT2D eigenvalue weighted by atomic mass is 9.87. The van der Waals surface area contributed by atoms with Gasteiger partial charge in [-0.3, -0.25) is 10.2 Å². The summed E-state index contributed by atoms with van der Waals surface area (Å²) in [4.78, 5) is 10.9. The highest BCUT2D eigenvalue weighted by atomic mass is 16.4. The molecule has 4 heteroatoms. The molecule has 1 saturated heterocycles. The number of carbonyl (C=O) groups is 1. The molecule has 0 spiro atoms. The van der Waals surface area contributed by atoms with E-state index in [1.165, 1.54) is 5.56 Å². The first-order valence-electron chi connectivity index (χ1n) is 5.87. The molecule has 1 aromatic carbocycles. The number of benzene rings is 1. The molecule has 1 fully saturated rings. The van der Waals surface area contributed by atoms with E-state index in [1.54, 1.807) is 0 Å². The molecule has 0 bridgehead atoms. The van der Waals surface area contributed by atoms with Gasteiger partial charge in [0.15, 0.2) is 0 Å². The van der Waals surface area contributed by atoms with Gasteiger partial charge in [-0.1, -0.05) is 29.8 Å². The summed E-state index contributed by atoms with van der Waals surface area (Å²) in [5.74, 6) is -0.667. The number of aryl methyl sites for hydroxylation is 1. The third-order valence-corrected chi connectivity index (χ3v) is 3.38. The fraction of sp³-hybridized carbons (Fsp3) is 0.462. The number of hydrogen-bond donors (Lipinski definition) is 3. The minimum atomic E-state index is -0.746. The Bertz CT molecular complexity index is 402. The van der Waals surface area contributed by atoms with Gasteiger partial charge < -0.3 is 5.11 Å². The second-order valence-electron chi connectivity index (χ2n) is 4.73. The predicted molar refractivity (Wildman–Crippen MR) is 65.4 cm³/mol. The number of carboxylic acid groups (broad SMARTS) is 1. The summed E-state index contributed by atoms with van der Waals surface area (Å²) >= 11 is 0. The summed E-state index contributed by atoms with van der Waals surface area (Å²) in [6.07, 6.45) is 0.180. The molecule has 3 N–H and O–H groups in total. The van der Waals surface area contributed by atoms with E-state index in [0.29, 0.717) is 0 Å². The van der Waals surface area contributed by atoms with Crippen LogP contribution in [0, 0.1) is 12.8 Å². The van der Waals surface area contributed by atoms with Crippen molar-refractivity contribution in [2.24, 2.45) is 5.92 Å². The fourth-order valence-electron chi connectivity index (χ4n) is 2.32. The second kappa shape index (κ2) is 4.85. The Kier molecular flexibility index (Phi) is 3.45. The third-order valence-electron chi connectivity index (χ3n) is 3.38. The van der Waals surface area contributed by atoms with E-state index in [4.69, 9.17) is 5.11 Å². The number of hydrazine groups is 1. The van der Waals surface area contributed by atoms with Gasteiger partial charge in [-0.25, -0.2) is 5.43 Å². The molecule has 4 nitrogen and oxygen atoms in total. The maximum absolute atomic E-state index is 10.9. The number of carboxylic acids is 1. The van der Waals surface area contributed by atoms with Gasteiger partial charge in [0.1, 0.15) is 0 Å². The van der Waals surface area contributed by atoms with E-state index in [9.17, 15) is 4.79 Å². The van der Waals surface area contributed by atoms with Gasteiger partial charge in [0.2, 0.25) is 0 Å². The monoisotopic (exact) mass is 234 g/mol. The Hall–Kier alpha value is -1.39. The summed E-state index contributed by atoms with van der Waals surface area (Å²) in [6, 6.07) is 8.46. The first kappa shape index (κ1) is 12.1. The molecule has 0 aromatic heterocycles. The van der Waals surface area contributed by atoms with Gasteiger partial charge in [-0.05, 0) is 19.4 Å². The second-order valence-corrected chi connectivity index (χ2v) is 4.73. The quantitative estimate of drug-likeness (QED) is 0.744. The van der Waals surface area contributed by atoms with E-state index < -0.39 is 5.97 Å². The summed E-state index contributed by atoms with van der Waals surface area (Å²) in [5, 5.41) is 8.94. The van der Waals surface area contributed by atoms with E-state index >= 15 is 0 Å². The Labute approximate surface area is 101 Å². The van der Waals surface area contributed by atoms with Crippen LogP contribution >= 0.6 is 0 Å². The number of hydrogen-bond acceptors (Lipinski definition) is 3. The van der Waals surface area contributed by atoms with E-state index in [0.717, 1.165) is 5.56 Å². The molecule has 0 saturated carbocycles. The molecular weight excluding hydrogens is 216 g/mol. The van der Waals surface area contributed by atoms with Gasteiger partial charge in [-0.2, -0.15) is 0 Å². The Morgan fingerprint density at radius 3 is 2.53 bits per heavy atom. The topological polar surface area (TPSA) is 61.4 Å². The van der Waals surface area contributed by atoms with Gasteiger partial charge in [0.05, 0.1) is 12.5 Å². The molecule has 1 heterocycles. The number of aliphatic carboxylic acids is 1. The Morgan fingerprint density at radius 2 is 1.94 bits per heavy atom. The summed E-state index contributed by atoms with van der Waals surface area (Å²) in [5.41, 5.74) is 8.66. The smallest absolute Gasteiger partial charge is 0.303 e. The molecule has 3 atom stereocenters. The summed E-state index contributed by atoms with van der Waals surface area (Å²) < 4.78 is 0. The number of nitrogens with one attached hydrogen (secondary N) is 2. The molecule has 1 aliphatic rings. The maximum Gasteiger partial charge on any atom is 0.303 e. The van der Waals surface area contributed by atoms with E-state index in [2.05, 4.69) is 35.1 Å². The van der Waals surface area contributed by atoms with Crippen LogP contribution in [0.1, 0.15) is 30.5 Å². The Morgan fingerprint density at radius 1 is 1.29 bits per heavy atom. The van der Waals surface area contributed by atoms with Crippen LogP contribution in [0.3, 0.4) is 0 Å². The molecule has 1 aromatic rings. The highest BCUT2D eigenvalue weighted by molar-refractivity contribution is 5.67. The van der Waals surface area contributed by atoms with Crippen LogP contribution in [0.5, 0.6) is 0 Å². The lowest BCUT2D eigenvalue weighted by Crippen LogP contribution is -2.29. The van der Waals surface area contributed by atoms with Gasteiger partial charge in [0, 0.05) is 12.0 Å². The van der Waals surface area contributed by atoms with E-state index in [1.807, 2.05) is 13.8 Å². The lowest BCUT2D eigenvalue weighted by molar-refractivity contribution is -0.138. The van der Waals surface area contributed by atoms with Crippen molar-refractivity contribution in [2.45, 2.75) is 32.4 Å². The van der Waals surface area contributed by atoms with Crippen molar-refractivity contribution in [3.05, 3.63) is 35.4 Å². The molecule has 0 amide bonds. The van der Waals surface area contributed by atoms with Crippen molar-refractivity contribution in [3.8, 4) is 0 Å². The van der Waals surface area contributed by atoms with Crippen LogP contribution in [-0.2, 0) is 4.79 Å². The molecule has 2 rings (SSSR count). The van der Waals surface area contributed by atoms with Crippen molar-refractivity contribution in [2.75, 3.05) is 0 Å². The van der Waals surface area contributed by atoms with Crippen molar-refractivity contribution < 1.29 is 9.90 Å². The minimum absolute atomic E-state index is 0.0710. The zero-order valence-electron chi connectivity index (χ0n) is 10.1. The maximum atomic E-state index is 10.9. The van der Waals surface area contributed by atoms with Crippen LogP contribution in [0.4, 0.5) is 0 Å². The molecule has 3 unspecified atom stereocenters. The summed E-state index contributed by atoms with van der Waals surface area (Å²) in [7, 11) is 0. The molecule has 17 heavy (non-hydrogen) atoms. The standard InChI is InChI=1S/C13H18N2O2/c1-8-3-5-10(6-4-8)13-11(7-12(16)17)9(2)14-15-13/h3-6,9,11,13-15H,7H2,1-2H3,(H,16,17). The van der Waals surface area contributed by atoms with Crippen LogP contribution in [0.25, 0.3) is 0 Å². The predicted octanol–water partition coefficient (Wildman–Crippen LogP) is 1.62. The fourth-order valence-corrected chi connectivity index (χ4v) is 2.32. The minimum Gasteiger partial charge on any atom is -0.481 e. The third kappa shape index (κ3) is 2.65. The zero-order valence-corrected chi connectivity index (χ0v) is 10.1. The number of rotatable bonds is 3. The average Bonchev–Trinajstić information content (AvgIpc) is 2.61. The molecule has 1 aliphatic heterocycles. The summed E-state index contributed by atoms with van der Waals surface area (Å²) in [6.45, 7) is 4.05. The SMILES string of the molecule is Cc1ccc(C2NNC(C)C2CC(=O)O)cc1. The highest BCUT2D eigenvalue weighted by Gasteiger charge is 2.35. The van der Waals surface area contributed by atoms with Crippen LogP contribution in [0.15, 0.2) is 24.3 Å². The van der Waals surface area contributed by atoms with Crippen LogP contribution in [0.2, 0.25) is 0 Å². The highest BCUT2D eigenvalue weighted by Crippen LogP contribution is 2.31. The zero-order chi connectivity index (χ0) is 12.4. The first-order valence-corrected chi connectivity index (χ1v) is 5.87. The van der Waals surface area contributed by atoms with Crippen molar-refractivity contribution in [3.63, 3.8) is 0 Å². The largest absolute Gasteiger partial charge is 0.481 e. The van der Waals surface area contributed by atoms with Crippen LogP contribution in [-0.4, -0.2) is 17.1 Å². The molecule has 0 radical (unpaired) electrons. The van der Waals surface area contributed by atoms with E-state index in [-0.39, 0.29) is 24.4 Å². The first-order chi connectivity index (χ1) is 8.08. The van der Waals surface area contributed by atoms with Gasteiger partial charge in [-0.15, -0.1) is 0 Å². The van der Waals surface area contributed by atoms with Crippen molar-refractivity contribution >= 4 is 5.97 Å². The Balaban J connectivity index is 2.19. The normalized spacial score (nSPS) is 28.2. The molecular formula is C13H18N2O2. The van der Waals surface area contributed by atoms with Crippen LogP contribution < -0.4 is 10.9 Å².